The molecule has 0 amide bonds. The molecule has 1 aliphatic rings. The predicted octanol–water partition coefficient (Wildman–Crippen LogP) is 3.20. The Morgan fingerprint density at radius 1 is 1.20 bits per heavy atom. The number of nitrogens with zero attached hydrogens (tertiary/aromatic N) is 1. The van der Waals surface area contributed by atoms with Crippen LogP contribution in [0.15, 0.2) is 36.5 Å². The fourth-order valence-corrected chi connectivity index (χ4v) is 3.63. The Balaban J connectivity index is 1.55. The Bertz CT molecular complexity index is 547. The lowest BCUT2D eigenvalue weighted by Gasteiger charge is -2.21. The monoisotopic (exact) mass is 288 g/mol. The van der Waals surface area contributed by atoms with Gasteiger partial charge in [0.2, 0.25) is 0 Å². The summed E-state index contributed by atoms with van der Waals surface area (Å²) in [6.07, 6.45) is 6.07. The van der Waals surface area contributed by atoms with Crippen LogP contribution in [0.1, 0.15) is 30.7 Å². The molecule has 2 aromatic rings. The van der Waals surface area contributed by atoms with E-state index >= 15 is 0 Å². The molecule has 1 aliphatic carbocycles. The summed E-state index contributed by atoms with van der Waals surface area (Å²) >= 11 is 1.71. The summed E-state index contributed by atoms with van der Waals surface area (Å²) in [6, 6.07) is 10.3. The Labute approximate surface area is 123 Å². The van der Waals surface area contributed by atoms with Crippen molar-refractivity contribution in [3.05, 3.63) is 41.5 Å². The van der Waals surface area contributed by atoms with Gasteiger partial charge in [-0.25, -0.2) is 4.98 Å². The molecule has 0 aliphatic heterocycles. The second kappa shape index (κ2) is 6.04. The third-order valence-corrected chi connectivity index (χ3v) is 4.92. The predicted molar refractivity (Wildman–Crippen MR) is 82.7 cm³/mol. The van der Waals surface area contributed by atoms with Crippen LogP contribution in [0, 0.1) is 0 Å². The zero-order valence-corrected chi connectivity index (χ0v) is 12.3. The molecule has 3 nitrogen and oxygen atoms in total. The molecular formula is C16H20N2OS. The molecule has 0 spiro atoms. The maximum Gasteiger partial charge on any atom is 0.107 e. The minimum atomic E-state index is -0.487. The Morgan fingerprint density at radius 2 is 1.95 bits per heavy atom. The van der Waals surface area contributed by atoms with Crippen molar-refractivity contribution in [2.45, 2.75) is 37.8 Å². The molecule has 3 rings (SSSR count). The highest BCUT2D eigenvalue weighted by molar-refractivity contribution is 7.15. The van der Waals surface area contributed by atoms with Crippen molar-refractivity contribution in [3.63, 3.8) is 0 Å². The van der Waals surface area contributed by atoms with Crippen LogP contribution in [0.25, 0.3) is 10.4 Å². The van der Waals surface area contributed by atoms with Gasteiger partial charge in [-0.2, -0.15) is 0 Å². The Morgan fingerprint density at radius 3 is 2.70 bits per heavy atom. The number of hydrogen-bond donors (Lipinski definition) is 2. The molecule has 0 radical (unpaired) electrons. The number of hydrogen-bond acceptors (Lipinski definition) is 4. The Hall–Kier alpha value is -1.23. The van der Waals surface area contributed by atoms with Crippen molar-refractivity contribution in [1.82, 2.24) is 10.3 Å². The SMILES string of the molecule is OC1(CNCc2ncc(-c3ccccc3)s2)CCCC1. The average molecular weight is 288 g/mol. The molecule has 0 bridgehead atoms. The maximum atomic E-state index is 10.3. The smallest absolute Gasteiger partial charge is 0.107 e. The van der Waals surface area contributed by atoms with E-state index in [1.807, 2.05) is 24.4 Å². The van der Waals surface area contributed by atoms with Gasteiger partial charge in [-0.1, -0.05) is 43.2 Å². The number of rotatable bonds is 5. The first-order chi connectivity index (χ1) is 9.75. The molecule has 2 N–H and O–H groups in total. The van der Waals surface area contributed by atoms with Crippen molar-refractivity contribution in [2.24, 2.45) is 0 Å². The van der Waals surface area contributed by atoms with E-state index in [4.69, 9.17) is 0 Å². The third-order valence-electron chi connectivity index (χ3n) is 3.88. The topological polar surface area (TPSA) is 45.1 Å². The van der Waals surface area contributed by atoms with E-state index in [0.29, 0.717) is 6.54 Å². The lowest BCUT2D eigenvalue weighted by Crippen LogP contribution is -2.37. The van der Waals surface area contributed by atoms with Gasteiger partial charge in [-0.15, -0.1) is 11.3 Å². The second-order valence-electron chi connectivity index (χ2n) is 5.52. The van der Waals surface area contributed by atoms with Gasteiger partial charge in [0.15, 0.2) is 0 Å². The fraction of sp³-hybridized carbons (Fsp3) is 0.438. The van der Waals surface area contributed by atoms with Gasteiger partial charge < -0.3 is 10.4 Å². The van der Waals surface area contributed by atoms with Crippen LogP contribution in [0.2, 0.25) is 0 Å². The van der Waals surface area contributed by atoms with Crippen LogP contribution in [0.3, 0.4) is 0 Å². The molecule has 106 valence electrons. The number of thiazole rings is 1. The van der Waals surface area contributed by atoms with Crippen molar-refractivity contribution in [2.75, 3.05) is 6.54 Å². The molecular weight excluding hydrogens is 268 g/mol. The molecule has 20 heavy (non-hydrogen) atoms. The van der Waals surface area contributed by atoms with Gasteiger partial charge >= 0.3 is 0 Å². The minimum absolute atomic E-state index is 0.487. The van der Waals surface area contributed by atoms with Crippen LogP contribution < -0.4 is 5.32 Å². The molecule has 4 heteroatoms. The van der Waals surface area contributed by atoms with Gasteiger partial charge in [0.05, 0.1) is 10.5 Å². The molecule has 0 atom stereocenters. The van der Waals surface area contributed by atoms with E-state index < -0.39 is 5.60 Å². The first-order valence-corrected chi connectivity index (χ1v) is 8.00. The van der Waals surface area contributed by atoms with Crippen LogP contribution in [-0.4, -0.2) is 22.2 Å². The molecule has 1 aromatic heterocycles. The highest BCUT2D eigenvalue weighted by Crippen LogP contribution is 2.29. The molecule has 1 saturated carbocycles. The van der Waals surface area contributed by atoms with E-state index in [2.05, 4.69) is 22.4 Å². The van der Waals surface area contributed by atoms with Crippen molar-refractivity contribution in [1.29, 1.82) is 0 Å². The summed E-state index contributed by atoms with van der Waals surface area (Å²) < 4.78 is 0. The maximum absolute atomic E-state index is 10.3. The largest absolute Gasteiger partial charge is 0.389 e. The standard InChI is InChI=1S/C16H20N2OS/c19-16(8-4-5-9-16)12-17-11-15-18-10-14(20-15)13-6-2-1-3-7-13/h1-3,6-7,10,17,19H,4-5,8-9,11-12H2. The fourth-order valence-electron chi connectivity index (χ4n) is 2.74. The van der Waals surface area contributed by atoms with E-state index in [0.717, 1.165) is 37.2 Å². The first kappa shape index (κ1) is 13.7. The zero-order valence-electron chi connectivity index (χ0n) is 11.5. The summed E-state index contributed by atoms with van der Waals surface area (Å²) in [4.78, 5) is 5.65. The highest BCUT2D eigenvalue weighted by atomic mass is 32.1. The quantitative estimate of drug-likeness (QED) is 0.888. The van der Waals surface area contributed by atoms with E-state index in [9.17, 15) is 5.11 Å². The number of nitrogens with one attached hydrogen (secondary N) is 1. The van der Waals surface area contributed by atoms with Gasteiger partial charge in [-0.3, -0.25) is 0 Å². The minimum Gasteiger partial charge on any atom is -0.389 e. The molecule has 1 heterocycles. The van der Waals surface area contributed by atoms with Crippen molar-refractivity contribution in [3.8, 4) is 10.4 Å². The number of aliphatic hydroxyl groups is 1. The molecule has 1 fully saturated rings. The molecule has 0 unspecified atom stereocenters. The summed E-state index contributed by atoms with van der Waals surface area (Å²) in [6.45, 7) is 1.41. The van der Waals surface area contributed by atoms with Crippen LogP contribution in [-0.2, 0) is 6.54 Å². The lowest BCUT2D eigenvalue weighted by molar-refractivity contribution is 0.0475. The van der Waals surface area contributed by atoms with Crippen LogP contribution >= 0.6 is 11.3 Å². The van der Waals surface area contributed by atoms with E-state index in [1.165, 1.54) is 10.4 Å². The van der Waals surface area contributed by atoms with Crippen molar-refractivity contribution >= 4 is 11.3 Å². The third kappa shape index (κ3) is 3.26. The number of aromatic nitrogens is 1. The van der Waals surface area contributed by atoms with Crippen molar-refractivity contribution < 1.29 is 5.11 Å². The van der Waals surface area contributed by atoms with Gasteiger partial charge in [0.1, 0.15) is 5.01 Å². The Kier molecular flexibility index (Phi) is 4.15. The van der Waals surface area contributed by atoms with E-state index in [1.54, 1.807) is 11.3 Å². The summed E-state index contributed by atoms with van der Waals surface area (Å²) in [5.41, 5.74) is 0.727. The first-order valence-electron chi connectivity index (χ1n) is 7.18. The summed E-state index contributed by atoms with van der Waals surface area (Å²) in [5.74, 6) is 0. The normalized spacial score (nSPS) is 17.4. The summed E-state index contributed by atoms with van der Waals surface area (Å²) in [5, 5.41) is 14.7. The van der Waals surface area contributed by atoms with Crippen LogP contribution in [0.4, 0.5) is 0 Å². The second-order valence-corrected chi connectivity index (χ2v) is 6.63. The number of benzene rings is 1. The van der Waals surface area contributed by atoms with Gasteiger partial charge in [0, 0.05) is 19.3 Å². The molecule has 0 saturated heterocycles. The lowest BCUT2D eigenvalue weighted by atomic mass is 10.0. The van der Waals surface area contributed by atoms with Gasteiger partial charge in [-0.05, 0) is 18.4 Å². The van der Waals surface area contributed by atoms with Crippen LogP contribution in [0.5, 0.6) is 0 Å². The van der Waals surface area contributed by atoms with Gasteiger partial charge in [0.25, 0.3) is 0 Å². The summed E-state index contributed by atoms with van der Waals surface area (Å²) in [7, 11) is 0. The molecule has 1 aromatic carbocycles. The highest BCUT2D eigenvalue weighted by Gasteiger charge is 2.30. The van der Waals surface area contributed by atoms with E-state index in [-0.39, 0.29) is 0 Å². The zero-order chi connectivity index (χ0) is 13.8. The average Bonchev–Trinajstić information content (AvgIpc) is 3.10.